The van der Waals surface area contributed by atoms with Crippen molar-refractivity contribution in [1.82, 2.24) is 10.6 Å². The van der Waals surface area contributed by atoms with Gasteiger partial charge in [0.25, 0.3) is 0 Å². The van der Waals surface area contributed by atoms with Gasteiger partial charge in [-0.15, -0.1) is 12.4 Å². The maximum atomic E-state index is 12.6. The van der Waals surface area contributed by atoms with Crippen molar-refractivity contribution in [3.8, 4) is 5.75 Å². The van der Waals surface area contributed by atoms with Gasteiger partial charge in [0.05, 0.1) is 7.11 Å². The number of methoxy groups -OCH3 is 1. The minimum absolute atomic E-state index is 0. The van der Waals surface area contributed by atoms with Gasteiger partial charge >= 0.3 is 0 Å². The number of rotatable bonds is 7. The number of piperidine rings is 1. The number of amides is 1. The minimum atomic E-state index is 0. The van der Waals surface area contributed by atoms with E-state index in [0.29, 0.717) is 18.3 Å². The Morgan fingerprint density at radius 3 is 2.78 bits per heavy atom. The Labute approximate surface area is 170 Å². The van der Waals surface area contributed by atoms with E-state index in [1.54, 1.807) is 7.11 Å². The molecule has 1 heterocycles. The van der Waals surface area contributed by atoms with Crippen molar-refractivity contribution in [3.05, 3.63) is 29.8 Å². The Bertz CT molecular complexity index is 596. The first kappa shape index (κ1) is 22.0. The third-order valence-corrected chi connectivity index (χ3v) is 6.51. The standard InChI is InChI=1S/C22H34N2O2.ClH/c1-17(18-7-6-12-23-15-18)13-21(25)24-16-22(10-3-4-11-22)19-8-5-9-20(14-19)26-2;/h5,8-9,14,17-18,23H,3-4,6-7,10-13,15-16H2,1-2H3,(H,24,25);1H. The average Bonchev–Trinajstić information content (AvgIpc) is 3.17. The lowest BCUT2D eigenvalue weighted by atomic mass is 9.78. The molecule has 1 aromatic rings. The van der Waals surface area contributed by atoms with Crippen LogP contribution in [0.4, 0.5) is 0 Å². The van der Waals surface area contributed by atoms with E-state index in [2.05, 4.69) is 35.8 Å². The Morgan fingerprint density at radius 2 is 2.11 bits per heavy atom. The van der Waals surface area contributed by atoms with Gasteiger partial charge in [0, 0.05) is 18.4 Å². The number of carbonyl (C=O) groups excluding carboxylic acids is 1. The molecule has 2 N–H and O–H groups in total. The van der Waals surface area contributed by atoms with Gasteiger partial charge in [-0.3, -0.25) is 4.79 Å². The molecule has 5 heteroatoms. The molecule has 1 saturated carbocycles. The van der Waals surface area contributed by atoms with Crippen molar-refractivity contribution in [2.45, 2.75) is 57.3 Å². The van der Waals surface area contributed by atoms with Crippen LogP contribution < -0.4 is 15.4 Å². The second-order valence-electron chi connectivity index (χ2n) is 8.28. The second kappa shape index (κ2) is 10.3. The van der Waals surface area contributed by atoms with Crippen LogP contribution in [0.15, 0.2) is 24.3 Å². The van der Waals surface area contributed by atoms with Gasteiger partial charge in [0.15, 0.2) is 0 Å². The third-order valence-electron chi connectivity index (χ3n) is 6.51. The van der Waals surface area contributed by atoms with Crippen molar-refractivity contribution in [1.29, 1.82) is 0 Å². The van der Waals surface area contributed by atoms with Gasteiger partial charge in [-0.25, -0.2) is 0 Å². The summed E-state index contributed by atoms with van der Waals surface area (Å²) in [6.07, 6.45) is 7.87. The SMILES string of the molecule is COc1cccc(C2(CNC(=O)CC(C)C3CCCNC3)CCCC2)c1.Cl. The van der Waals surface area contributed by atoms with Crippen molar-refractivity contribution in [2.75, 3.05) is 26.7 Å². The quantitative estimate of drug-likeness (QED) is 0.732. The van der Waals surface area contributed by atoms with Crippen LogP contribution in [0.2, 0.25) is 0 Å². The molecule has 0 spiro atoms. The fourth-order valence-corrected chi connectivity index (χ4v) is 4.74. The molecular formula is C22H35ClN2O2. The van der Waals surface area contributed by atoms with Crippen molar-refractivity contribution in [3.63, 3.8) is 0 Å². The molecular weight excluding hydrogens is 360 g/mol. The zero-order chi connectivity index (χ0) is 18.4. The largest absolute Gasteiger partial charge is 0.497 e. The first-order chi connectivity index (χ1) is 12.6. The molecule has 4 nitrogen and oxygen atoms in total. The van der Waals surface area contributed by atoms with E-state index in [9.17, 15) is 4.79 Å². The fourth-order valence-electron chi connectivity index (χ4n) is 4.74. The minimum Gasteiger partial charge on any atom is -0.497 e. The van der Waals surface area contributed by atoms with Crippen LogP contribution in [0, 0.1) is 11.8 Å². The van der Waals surface area contributed by atoms with Gasteiger partial charge in [0.1, 0.15) is 5.75 Å². The van der Waals surface area contributed by atoms with Crippen molar-refractivity contribution >= 4 is 18.3 Å². The molecule has 27 heavy (non-hydrogen) atoms. The summed E-state index contributed by atoms with van der Waals surface area (Å²) < 4.78 is 5.41. The van der Waals surface area contributed by atoms with E-state index in [1.165, 1.54) is 31.2 Å². The highest BCUT2D eigenvalue weighted by Gasteiger charge is 2.36. The molecule has 2 aliphatic rings. The molecule has 1 saturated heterocycles. The zero-order valence-corrected chi connectivity index (χ0v) is 17.6. The summed E-state index contributed by atoms with van der Waals surface area (Å²) >= 11 is 0. The number of nitrogens with one attached hydrogen (secondary N) is 2. The van der Waals surface area contributed by atoms with Crippen LogP contribution in [-0.4, -0.2) is 32.7 Å². The van der Waals surface area contributed by atoms with Crippen LogP contribution in [-0.2, 0) is 10.2 Å². The van der Waals surface area contributed by atoms with E-state index in [4.69, 9.17) is 4.74 Å². The molecule has 1 aromatic carbocycles. The predicted octanol–water partition coefficient (Wildman–Crippen LogP) is 4.07. The lowest BCUT2D eigenvalue weighted by Crippen LogP contribution is -2.40. The van der Waals surface area contributed by atoms with Crippen LogP contribution in [0.5, 0.6) is 5.75 Å². The van der Waals surface area contributed by atoms with Gasteiger partial charge in [0.2, 0.25) is 5.91 Å². The Kier molecular flexibility index (Phi) is 8.43. The molecule has 1 aliphatic heterocycles. The summed E-state index contributed by atoms with van der Waals surface area (Å²) in [5.74, 6) is 2.18. The number of hydrogen-bond donors (Lipinski definition) is 2. The molecule has 1 amide bonds. The van der Waals surface area contributed by atoms with Gasteiger partial charge in [-0.1, -0.05) is 31.9 Å². The summed E-state index contributed by atoms with van der Waals surface area (Å²) in [4.78, 5) is 12.6. The van der Waals surface area contributed by atoms with Crippen LogP contribution in [0.3, 0.4) is 0 Å². The number of ether oxygens (including phenoxy) is 1. The summed E-state index contributed by atoms with van der Waals surface area (Å²) in [7, 11) is 1.71. The monoisotopic (exact) mass is 394 g/mol. The zero-order valence-electron chi connectivity index (χ0n) is 16.8. The lowest BCUT2D eigenvalue weighted by Gasteiger charge is -2.31. The highest BCUT2D eigenvalue weighted by atomic mass is 35.5. The first-order valence-electron chi connectivity index (χ1n) is 10.2. The number of benzene rings is 1. The van der Waals surface area contributed by atoms with Crippen molar-refractivity contribution in [2.24, 2.45) is 11.8 Å². The topological polar surface area (TPSA) is 50.4 Å². The smallest absolute Gasteiger partial charge is 0.220 e. The van der Waals surface area contributed by atoms with E-state index in [-0.39, 0.29) is 23.7 Å². The Hall–Kier alpha value is -1.26. The summed E-state index contributed by atoms with van der Waals surface area (Å²) in [5.41, 5.74) is 1.37. The highest BCUT2D eigenvalue weighted by molar-refractivity contribution is 5.85. The molecule has 0 bridgehead atoms. The summed E-state index contributed by atoms with van der Waals surface area (Å²) in [6.45, 7) is 5.15. The Morgan fingerprint density at radius 1 is 1.33 bits per heavy atom. The van der Waals surface area contributed by atoms with E-state index in [0.717, 1.165) is 38.2 Å². The normalized spacial score (nSPS) is 22.5. The molecule has 2 atom stereocenters. The fraction of sp³-hybridized carbons (Fsp3) is 0.682. The summed E-state index contributed by atoms with van der Waals surface area (Å²) in [6, 6.07) is 8.39. The molecule has 3 rings (SSSR count). The number of halogens is 1. The number of hydrogen-bond acceptors (Lipinski definition) is 3. The van der Waals surface area contributed by atoms with Crippen molar-refractivity contribution < 1.29 is 9.53 Å². The maximum absolute atomic E-state index is 12.6. The third kappa shape index (κ3) is 5.61. The predicted molar refractivity (Wildman–Crippen MR) is 113 cm³/mol. The summed E-state index contributed by atoms with van der Waals surface area (Å²) in [5, 5.41) is 6.73. The van der Waals surface area contributed by atoms with E-state index in [1.807, 2.05) is 6.07 Å². The van der Waals surface area contributed by atoms with Crippen LogP contribution in [0.1, 0.15) is 57.4 Å². The molecule has 2 unspecified atom stereocenters. The molecule has 0 aromatic heterocycles. The van der Waals surface area contributed by atoms with Crippen LogP contribution in [0.25, 0.3) is 0 Å². The maximum Gasteiger partial charge on any atom is 0.220 e. The van der Waals surface area contributed by atoms with E-state index < -0.39 is 0 Å². The molecule has 0 radical (unpaired) electrons. The second-order valence-corrected chi connectivity index (χ2v) is 8.28. The molecule has 152 valence electrons. The van der Waals surface area contributed by atoms with Gasteiger partial charge in [-0.05, 0) is 68.3 Å². The average molecular weight is 395 g/mol. The Balaban J connectivity index is 0.00000261. The first-order valence-corrected chi connectivity index (χ1v) is 10.2. The number of carbonyl (C=O) groups is 1. The molecule has 1 aliphatic carbocycles. The molecule has 2 fully saturated rings. The highest BCUT2D eigenvalue weighted by Crippen LogP contribution is 2.41. The van der Waals surface area contributed by atoms with E-state index >= 15 is 0 Å². The van der Waals surface area contributed by atoms with Gasteiger partial charge in [-0.2, -0.15) is 0 Å². The van der Waals surface area contributed by atoms with Gasteiger partial charge < -0.3 is 15.4 Å². The lowest BCUT2D eigenvalue weighted by molar-refractivity contribution is -0.122. The van der Waals surface area contributed by atoms with Crippen LogP contribution >= 0.6 is 12.4 Å².